The molecule has 0 unspecified atom stereocenters. The molecular weight excluding hydrogens is 436 g/mol. The van der Waals surface area contributed by atoms with Crippen molar-refractivity contribution >= 4 is 34.0 Å². The van der Waals surface area contributed by atoms with Crippen LogP contribution in [0.3, 0.4) is 0 Å². The van der Waals surface area contributed by atoms with Gasteiger partial charge in [0.1, 0.15) is 11.5 Å². The maximum atomic E-state index is 12.2. The van der Waals surface area contributed by atoms with E-state index in [1.165, 1.54) is 6.21 Å². The molecular formula is C22H17BrN2O4. The number of carbonyl (C=O) groups is 2. The molecule has 0 saturated heterocycles. The summed E-state index contributed by atoms with van der Waals surface area (Å²) in [6.07, 6.45) is 1.50. The summed E-state index contributed by atoms with van der Waals surface area (Å²) in [7, 11) is 1.56. The number of nitrogens with one attached hydrogen (secondary N) is 1. The molecule has 3 rings (SSSR count). The number of hydrogen-bond donors (Lipinski definition) is 1. The first-order valence-corrected chi connectivity index (χ1v) is 9.40. The number of rotatable bonds is 6. The maximum absolute atomic E-state index is 12.2. The molecule has 1 amide bonds. The predicted molar refractivity (Wildman–Crippen MR) is 114 cm³/mol. The van der Waals surface area contributed by atoms with E-state index in [2.05, 4.69) is 26.5 Å². The second kappa shape index (κ2) is 9.66. The van der Waals surface area contributed by atoms with Crippen LogP contribution in [0.1, 0.15) is 26.3 Å². The number of ether oxygens (including phenoxy) is 2. The summed E-state index contributed by atoms with van der Waals surface area (Å²) in [5.41, 5.74) is 4.13. The summed E-state index contributed by atoms with van der Waals surface area (Å²) >= 11 is 3.32. The number of benzene rings is 3. The molecule has 0 aliphatic heterocycles. The monoisotopic (exact) mass is 452 g/mol. The quantitative estimate of drug-likeness (QED) is 0.259. The first-order chi connectivity index (χ1) is 14.0. The molecule has 0 fully saturated rings. The van der Waals surface area contributed by atoms with E-state index in [-0.39, 0.29) is 5.91 Å². The number of carbonyl (C=O) groups excluding carboxylic acids is 2. The van der Waals surface area contributed by atoms with Crippen molar-refractivity contribution in [3.63, 3.8) is 0 Å². The first-order valence-electron chi connectivity index (χ1n) is 8.60. The van der Waals surface area contributed by atoms with Gasteiger partial charge >= 0.3 is 5.97 Å². The zero-order chi connectivity index (χ0) is 20.6. The molecule has 7 heteroatoms. The van der Waals surface area contributed by atoms with Crippen molar-refractivity contribution < 1.29 is 19.1 Å². The van der Waals surface area contributed by atoms with E-state index in [9.17, 15) is 9.59 Å². The van der Waals surface area contributed by atoms with E-state index in [0.29, 0.717) is 22.6 Å². The van der Waals surface area contributed by atoms with E-state index in [1.807, 2.05) is 6.07 Å². The minimum Gasteiger partial charge on any atom is -0.497 e. The Morgan fingerprint density at radius 1 is 0.931 bits per heavy atom. The SMILES string of the molecule is COc1ccc(C(=O)Oc2ccc(/C=N\NC(=O)c3cccc(Br)c3)cc2)cc1. The van der Waals surface area contributed by atoms with Gasteiger partial charge in [-0.15, -0.1) is 0 Å². The van der Waals surface area contributed by atoms with E-state index < -0.39 is 5.97 Å². The third kappa shape index (κ3) is 5.76. The average Bonchev–Trinajstić information content (AvgIpc) is 2.75. The van der Waals surface area contributed by atoms with Crippen molar-refractivity contribution in [1.82, 2.24) is 5.43 Å². The second-order valence-corrected chi connectivity index (χ2v) is 6.81. The number of amides is 1. The van der Waals surface area contributed by atoms with Crippen molar-refractivity contribution in [3.05, 3.63) is 94.0 Å². The molecule has 0 spiro atoms. The largest absolute Gasteiger partial charge is 0.497 e. The van der Waals surface area contributed by atoms with Crippen LogP contribution in [0.25, 0.3) is 0 Å². The summed E-state index contributed by atoms with van der Waals surface area (Å²) in [6.45, 7) is 0. The summed E-state index contributed by atoms with van der Waals surface area (Å²) in [4.78, 5) is 24.2. The Bertz CT molecular complexity index is 1030. The normalized spacial score (nSPS) is 10.6. The molecule has 0 saturated carbocycles. The fourth-order valence-corrected chi connectivity index (χ4v) is 2.77. The van der Waals surface area contributed by atoms with Crippen LogP contribution in [-0.2, 0) is 0 Å². The summed E-state index contributed by atoms with van der Waals surface area (Å²) < 4.78 is 11.2. The Kier molecular flexibility index (Phi) is 6.76. The lowest BCUT2D eigenvalue weighted by atomic mass is 10.2. The third-order valence-electron chi connectivity index (χ3n) is 3.88. The number of hydrazone groups is 1. The van der Waals surface area contributed by atoms with Gasteiger partial charge in [-0.2, -0.15) is 5.10 Å². The van der Waals surface area contributed by atoms with Gasteiger partial charge in [0.05, 0.1) is 18.9 Å². The van der Waals surface area contributed by atoms with Crippen LogP contribution in [0.4, 0.5) is 0 Å². The van der Waals surface area contributed by atoms with Crippen molar-refractivity contribution in [2.75, 3.05) is 7.11 Å². The molecule has 0 aromatic heterocycles. The predicted octanol–water partition coefficient (Wildman–Crippen LogP) is 4.44. The molecule has 146 valence electrons. The number of halogens is 1. The Morgan fingerprint density at radius 3 is 2.28 bits per heavy atom. The molecule has 0 bridgehead atoms. The lowest BCUT2D eigenvalue weighted by Gasteiger charge is -2.05. The van der Waals surface area contributed by atoms with E-state index in [4.69, 9.17) is 9.47 Å². The molecule has 6 nitrogen and oxygen atoms in total. The Morgan fingerprint density at radius 2 is 1.62 bits per heavy atom. The van der Waals surface area contributed by atoms with Crippen molar-refractivity contribution in [1.29, 1.82) is 0 Å². The lowest BCUT2D eigenvalue weighted by molar-refractivity contribution is 0.0734. The van der Waals surface area contributed by atoms with Gasteiger partial charge in [-0.1, -0.05) is 22.0 Å². The maximum Gasteiger partial charge on any atom is 0.343 e. The zero-order valence-corrected chi connectivity index (χ0v) is 17.0. The number of nitrogens with zero attached hydrogens (tertiary/aromatic N) is 1. The minimum atomic E-state index is -0.463. The van der Waals surface area contributed by atoms with Crippen LogP contribution in [-0.4, -0.2) is 25.2 Å². The van der Waals surface area contributed by atoms with Crippen LogP contribution in [0, 0.1) is 0 Å². The molecule has 3 aromatic rings. The topological polar surface area (TPSA) is 77.0 Å². The van der Waals surface area contributed by atoms with Gasteiger partial charge in [0.15, 0.2) is 0 Å². The van der Waals surface area contributed by atoms with Crippen molar-refractivity contribution in [2.24, 2.45) is 5.10 Å². The van der Waals surface area contributed by atoms with Crippen molar-refractivity contribution in [2.45, 2.75) is 0 Å². The highest BCUT2D eigenvalue weighted by Gasteiger charge is 2.08. The summed E-state index contributed by atoms with van der Waals surface area (Å²) in [5.74, 6) is 0.293. The Hall–Kier alpha value is -3.45. The molecule has 0 aliphatic rings. The highest BCUT2D eigenvalue weighted by Crippen LogP contribution is 2.16. The van der Waals surface area contributed by atoms with E-state index >= 15 is 0 Å². The first kappa shape index (κ1) is 20.3. The van der Waals surface area contributed by atoms with Gasteiger partial charge in [-0.05, 0) is 72.3 Å². The minimum absolute atomic E-state index is 0.312. The molecule has 0 radical (unpaired) electrons. The van der Waals surface area contributed by atoms with Gasteiger partial charge < -0.3 is 9.47 Å². The van der Waals surface area contributed by atoms with Crippen molar-refractivity contribution in [3.8, 4) is 11.5 Å². The summed E-state index contributed by atoms with van der Waals surface area (Å²) in [5, 5.41) is 3.94. The van der Waals surface area contributed by atoms with Crippen LogP contribution in [0.5, 0.6) is 11.5 Å². The molecule has 0 aliphatic carbocycles. The fourth-order valence-electron chi connectivity index (χ4n) is 2.37. The molecule has 0 heterocycles. The molecule has 3 aromatic carbocycles. The van der Waals surface area contributed by atoms with Gasteiger partial charge in [-0.3, -0.25) is 4.79 Å². The standard InChI is InChI=1S/C22H17BrN2O4/c1-28-19-11-7-16(8-12-19)22(27)29-20-9-5-15(6-10-20)14-24-25-21(26)17-3-2-4-18(23)13-17/h2-14H,1H3,(H,25,26)/b24-14-. The molecule has 0 atom stereocenters. The van der Waals surface area contributed by atoms with Gasteiger partial charge in [-0.25, -0.2) is 10.2 Å². The van der Waals surface area contributed by atoms with Crippen LogP contribution < -0.4 is 14.9 Å². The summed E-state index contributed by atoms with van der Waals surface area (Å²) in [6, 6.07) is 20.4. The molecule has 1 N–H and O–H groups in total. The van der Waals surface area contributed by atoms with Crippen LogP contribution in [0.15, 0.2) is 82.4 Å². The zero-order valence-electron chi connectivity index (χ0n) is 15.5. The molecule has 29 heavy (non-hydrogen) atoms. The fraction of sp³-hybridized carbons (Fsp3) is 0.0455. The second-order valence-electron chi connectivity index (χ2n) is 5.90. The van der Waals surface area contributed by atoms with E-state index in [0.717, 1.165) is 10.0 Å². The van der Waals surface area contributed by atoms with Gasteiger partial charge in [0, 0.05) is 10.0 Å². The highest BCUT2D eigenvalue weighted by molar-refractivity contribution is 9.10. The van der Waals surface area contributed by atoms with Gasteiger partial charge in [0.2, 0.25) is 0 Å². The van der Waals surface area contributed by atoms with Gasteiger partial charge in [0.25, 0.3) is 5.91 Å². The Balaban J connectivity index is 1.56. The number of methoxy groups -OCH3 is 1. The van der Waals surface area contributed by atoms with E-state index in [1.54, 1.807) is 73.8 Å². The third-order valence-corrected chi connectivity index (χ3v) is 4.38. The number of hydrogen-bond acceptors (Lipinski definition) is 5. The van der Waals surface area contributed by atoms with Crippen LogP contribution in [0.2, 0.25) is 0 Å². The van der Waals surface area contributed by atoms with Crippen LogP contribution >= 0.6 is 15.9 Å². The smallest absolute Gasteiger partial charge is 0.343 e. The lowest BCUT2D eigenvalue weighted by Crippen LogP contribution is -2.17. The number of esters is 1. The Labute approximate surface area is 176 Å². The highest BCUT2D eigenvalue weighted by atomic mass is 79.9. The average molecular weight is 453 g/mol.